The third-order valence-electron chi connectivity index (χ3n) is 7.30. The standard InChI is InChI=1S/C34H28N4O6S/c1-20-29(33(41)43-4)31(23-12-16-27(17-13-23)44-21(2)39)38-32(40)28(45-34(38)35-20)18-24-19-37(25-8-6-5-7-9-25)36-30(24)22-10-14-26(42-3)15-11-22/h5-19,31H,1-4H3/b28-18-/t31-/m1/s1. The molecular weight excluding hydrogens is 592 g/mol. The number of benzene rings is 3. The number of allylic oxidation sites excluding steroid dienone is 1. The SMILES string of the molecule is COC(=O)C1=C(C)N=c2s/c(=C\c3cn(-c4ccccc4)nc3-c3ccc(OC)cc3)c(=O)n2[C@@H]1c1ccc(OC(C)=O)cc1. The number of methoxy groups -OCH3 is 2. The van der Waals surface area contributed by atoms with Crippen molar-refractivity contribution in [1.29, 1.82) is 0 Å². The predicted octanol–water partition coefficient (Wildman–Crippen LogP) is 4.19. The monoisotopic (exact) mass is 620 g/mol. The maximum Gasteiger partial charge on any atom is 0.338 e. The van der Waals surface area contributed by atoms with E-state index in [1.54, 1.807) is 49.1 Å². The molecule has 0 fully saturated rings. The molecule has 10 nitrogen and oxygen atoms in total. The summed E-state index contributed by atoms with van der Waals surface area (Å²) in [6, 6.07) is 23.1. The van der Waals surface area contributed by atoms with Gasteiger partial charge in [0.25, 0.3) is 5.56 Å². The first-order valence-electron chi connectivity index (χ1n) is 14.0. The van der Waals surface area contributed by atoms with Crippen LogP contribution in [0.5, 0.6) is 11.5 Å². The number of rotatable bonds is 7. The van der Waals surface area contributed by atoms with E-state index >= 15 is 0 Å². The van der Waals surface area contributed by atoms with Gasteiger partial charge in [0.2, 0.25) is 0 Å². The lowest BCUT2D eigenvalue weighted by molar-refractivity contribution is -0.136. The van der Waals surface area contributed by atoms with E-state index < -0.39 is 18.0 Å². The van der Waals surface area contributed by atoms with Gasteiger partial charge in [-0.2, -0.15) is 5.10 Å². The van der Waals surface area contributed by atoms with Crippen LogP contribution in [0.2, 0.25) is 0 Å². The van der Waals surface area contributed by atoms with Gasteiger partial charge in [-0.1, -0.05) is 41.7 Å². The van der Waals surface area contributed by atoms with Crippen LogP contribution in [0.25, 0.3) is 23.0 Å². The zero-order valence-corrected chi connectivity index (χ0v) is 25.7. The summed E-state index contributed by atoms with van der Waals surface area (Å²) in [4.78, 5) is 43.7. The molecule has 1 aliphatic rings. The maximum absolute atomic E-state index is 14.2. The van der Waals surface area contributed by atoms with Crippen molar-refractivity contribution in [1.82, 2.24) is 14.3 Å². The summed E-state index contributed by atoms with van der Waals surface area (Å²) in [5.74, 6) is 0.0195. The molecule has 11 heteroatoms. The summed E-state index contributed by atoms with van der Waals surface area (Å²) in [7, 11) is 2.90. The Hall–Kier alpha value is -5.55. The topological polar surface area (TPSA) is 114 Å². The fourth-order valence-corrected chi connectivity index (χ4v) is 6.25. The smallest absolute Gasteiger partial charge is 0.338 e. The van der Waals surface area contributed by atoms with Crippen LogP contribution in [-0.2, 0) is 14.3 Å². The van der Waals surface area contributed by atoms with Crippen molar-refractivity contribution in [2.24, 2.45) is 4.99 Å². The van der Waals surface area contributed by atoms with E-state index in [1.807, 2.05) is 60.8 Å². The molecule has 0 radical (unpaired) electrons. The van der Waals surface area contributed by atoms with Crippen molar-refractivity contribution < 1.29 is 23.8 Å². The largest absolute Gasteiger partial charge is 0.497 e. The van der Waals surface area contributed by atoms with E-state index in [9.17, 15) is 14.4 Å². The number of nitrogens with zero attached hydrogens (tertiary/aromatic N) is 4. The maximum atomic E-state index is 14.2. The van der Waals surface area contributed by atoms with Crippen molar-refractivity contribution in [3.8, 4) is 28.4 Å². The van der Waals surface area contributed by atoms with Crippen molar-refractivity contribution in [3.63, 3.8) is 0 Å². The molecule has 2 aromatic heterocycles. The first-order valence-corrected chi connectivity index (χ1v) is 14.8. The fourth-order valence-electron chi connectivity index (χ4n) is 5.21. The summed E-state index contributed by atoms with van der Waals surface area (Å²) >= 11 is 1.22. The molecule has 0 saturated heterocycles. The Morgan fingerprint density at radius 3 is 2.27 bits per heavy atom. The third-order valence-corrected chi connectivity index (χ3v) is 8.28. The molecule has 0 aliphatic carbocycles. The van der Waals surface area contributed by atoms with Gasteiger partial charge in [0.1, 0.15) is 17.2 Å². The zero-order chi connectivity index (χ0) is 31.7. The van der Waals surface area contributed by atoms with Gasteiger partial charge in [-0.15, -0.1) is 0 Å². The molecule has 0 saturated carbocycles. The second-order valence-electron chi connectivity index (χ2n) is 10.2. The van der Waals surface area contributed by atoms with Crippen LogP contribution in [-0.4, -0.2) is 40.5 Å². The molecule has 0 bridgehead atoms. The number of hydrogen-bond donors (Lipinski definition) is 0. The van der Waals surface area contributed by atoms with Gasteiger partial charge in [0.15, 0.2) is 4.80 Å². The van der Waals surface area contributed by atoms with Crippen molar-refractivity contribution >= 4 is 29.4 Å². The van der Waals surface area contributed by atoms with E-state index in [4.69, 9.17) is 19.3 Å². The predicted molar refractivity (Wildman–Crippen MR) is 169 cm³/mol. The Labute approximate surface area is 261 Å². The number of para-hydroxylation sites is 1. The Morgan fingerprint density at radius 2 is 1.62 bits per heavy atom. The van der Waals surface area contributed by atoms with Crippen molar-refractivity contribution in [2.45, 2.75) is 19.9 Å². The molecule has 1 aliphatic heterocycles. The molecule has 3 heterocycles. The van der Waals surface area contributed by atoms with Gasteiger partial charge in [0, 0.05) is 24.2 Å². The molecule has 5 aromatic rings. The summed E-state index contributed by atoms with van der Waals surface area (Å²) in [5.41, 5.74) is 4.10. The van der Waals surface area contributed by atoms with Crippen LogP contribution in [0.15, 0.2) is 106 Å². The van der Waals surface area contributed by atoms with Crippen LogP contribution >= 0.6 is 11.3 Å². The number of fused-ring (bicyclic) bond motifs is 1. The van der Waals surface area contributed by atoms with E-state index in [2.05, 4.69) is 4.99 Å². The van der Waals surface area contributed by atoms with Crippen LogP contribution in [0.4, 0.5) is 0 Å². The second-order valence-corrected chi connectivity index (χ2v) is 11.2. The molecule has 3 aromatic carbocycles. The Kier molecular flexibility index (Phi) is 8.01. The minimum absolute atomic E-state index is 0.243. The first kappa shape index (κ1) is 29.5. The van der Waals surface area contributed by atoms with Gasteiger partial charge >= 0.3 is 11.9 Å². The highest BCUT2D eigenvalue weighted by molar-refractivity contribution is 7.07. The van der Waals surface area contributed by atoms with Gasteiger partial charge in [-0.25, -0.2) is 14.5 Å². The highest BCUT2D eigenvalue weighted by atomic mass is 32.1. The van der Waals surface area contributed by atoms with Gasteiger partial charge < -0.3 is 14.2 Å². The van der Waals surface area contributed by atoms with E-state index in [0.717, 1.165) is 16.8 Å². The second kappa shape index (κ2) is 12.2. The summed E-state index contributed by atoms with van der Waals surface area (Å²) in [6.45, 7) is 3.03. The van der Waals surface area contributed by atoms with Gasteiger partial charge in [0.05, 0.1) is 41.8 Å². The highest BCUT2D eigenvalue weighted by Gasteiger charge is 2.33. The molecule has 0 unspecified atom stereocenters. The Morgan fingerprint density at radius 1 is 0.933 bits per heavy atom. The van der Waals surface area contributed by atoms with E-state index in [-0.39, 0.29) is 11.1 Å². The molecule has 0 N–H and O–H groups in total. The number of carbonyl (C=O) groups is 2. The molecule has 0 spiro atoms. The number of hydrogen-bond acceptors (Lipinski definition) is 9. The van der Waals surface area contributed by atoms with E-state index in [1.165, 1.54) is 29.9 Å². The summed E-state index contributed by atoms with van der Waals surface area (Å²) < 4.78 is 19.3. The number of carbonyl (C=O) groups excluding carboxylic acids is 2. The van der Waals surface area contributed by atoms with Crippen LogP contribution in [0.1, 0.15) is 31.0 Å². The molecule has 45 heavy (non-hydrogen) atoms. The Bertz CT molecular complexity index is 2130. The van der Waals surface area contributed by atoms with Gasteiger partial charge in [-0.05, 0) is 67.1 Å². The number of thiazole rings is 1. The average molecular weight is 621 g/mol. The minimum Gasteiger partial charge on any atom is -0.497 e. The molecule has 226 valence electrons. The quantitative estimate of drug-likeness (QED) is 0.198. The molecular formula is C34H28N4O6S. The van der Waals surface area contributed by atoms with Crippen LogP contribution in [0, 0.1) is 0 Å². The average Bonchev–Trinajstić information content (AvgIpc) is 3.61. The molecule has 6 rings (SSSR count). The lowest BCUT2D eigenvalue weighted by atomic mass is 9.96. The first-order chi connectivity index (χ1) is 21.8. The van der Waals surface area contributed by atoms with Crippen molar-refractivity contribution in [2.75, 3.05) is 14.2 Å². The number of aromatic nitrogens is 3. The van der Waals surface area contributed by atoms with E-state index in [0.29, 0.717) is 37.8 Å². The Balaban J connectivity index is 1.53. The highest BCUT2D eigenvalue weighted by Crippen LogP contribution is 2.32. The third kappa shape index (κ3) is 5.73. The summed E-state index contributed by atoms with van der Waals surface area (Å²) in [5, 5.41) is 4.88. The molecule has 1 atom stereocenters. The van der Waals surface area contributed by atoms with Crippen LogP contribution < -0.4 is 24.4 Å². The van der Waals surface area contributed by atoms with Crippen LogP contribution in [0.3, 0.4) is 0 Å². The molecule has 0 amide bonds. The normalized spacial score (nSPS) is 14.5. The minimum atomic E-state index is -0.810. The zero-order valence-electron chi connectivity index (χ0n) is 24.9. The number of esters is 2. The summed E-state index contributed by atoms with van der Waals surface area (Å²) in [6.07, 6.45) is 3.68. The lowest BCUT2D eigenvalue weighted by Crippen LogP contribution is -2.39. The lowest BCUT2D eigenvalue weighted by Gasteiger charge is -2.24. The van der Waals surface area contributed by atoms with Crippen molar-refractivity contribution in [3.05, 3.63) is 127 Å². The number of ether oxygens (including phenoxy) is 3. The van der Waals surface area contributed by atoms with Gasteiger partial charge in [-0.3, -0.25) is 14.2 Å². The fraction of sp³-hybridized carbons (Fsp3) is 0.147.